The third-order valence-electron chi connectivity index (χ3n) is 11.9. The third kappa shape index (κ3) is 9.01. The van der Waals surface area contributed by atoms with E-state index in [1.54, 1.807) is 43.3 Å². The van der Waals surface area contributed by atoms with E-state index in [1.807, 2.05) is 19.1 Å². The van der Waals surface area contributed by atoms with Gasteiger partial charge in [-0.05, 0) is 78.3 Å². The van der Waals surface area contributed by atoms with Crippen LogP contribution in [0.2, 0.25) is 0 Å². The second kappa shape index (κ2) is 17.1. The summed E-state index contributed by atoms with van der Waals surface area (Å²) >= 11 is 0. The Bertz CT molecular complexity index is 1990. The quantitative estimate of drug-likeness (QED) is 0.0977. The number of carbonyl (C=O) groups excluding carboxylic acids is 5. The Morgan fingerprint density at radius 3 is 2.07 bits per heavy atom. The Morgan fingerprint density at radius 2 is 1.49 bits per heavy atom. The molecular weight excluding hydrogens is 725 g/mol. The summed E-state index contributed by atoms with van der Waals surface area (Å²) in [6.45, 7) is 16.7. The fraction of sp³-hybridized carbons (Fsp3) is 0.489. The topological polar surface area (TPSA) is 144 Å². The minimum Gasteiger partial charge on any atom is -0.495 e. The second-order valence-corrected chi connectivity index (χ2v) is 16.6. The first kappa shape index (κ1) is 42.9. The minimum absolute atomic E-state index is 0.0261. The highest BCUT2D eigenvalue weighted by Crippen LogP contribution is 2.48. The molecule has 1 aliphatic carbocycles. The second-order valence-electron chi connectivity index (χ2n) is 16.6. The first-order valence-electron chi connectivity index (χ1n) is 19.8. The summed E-state index contributed by atoms with van der Waals surface area (Å²) in [6, 6.07) is 17.4. The van der Waals surface area contributed by atoms with Crippen LogP contribution in [0, 0.1) is 5.41 Å². The van der Waals surface area contributed by atoms with E-state index in [0.717, 1.165) is 24.0 Å². The number of imide groups is 1. The zero-order valence-electron chi connectivity index (χ0n) is 35.0. The number of amides is 5. The van der Waals surface area contributed by atoms with Crippen LogP contribution in [0.3, 0.4) is 0 Å². The number of Topliss-reactive ketones (excluding diaryl/α,β-unsaturated/α-hetero) is 1. The van der Waals surface area contributed by atoms with Gasteiger partial charge in [0.2, 0.25) is 6.23 Å². The van der Waals surface area contributed by atoms with Gasteiger partial charge in [-0.2, -0.15) is 0 Å². The predicted molar refractivity (Wildman–Crippen MR) is 219 cm³/mol. The van der Waals surface area contributed by atoms with Crippen LogP contribution in [0.4, 0.5) is 16.2 Å². The molecular formula is C45H58N4O8. The zero-order valence-corrected chi connectivity index (χ0v) is 35.0. The maximum atomic E-state index is 14.3. The van der Waals surface area contributed by atoms with Crippen LogP contribution < -0.4 is 20.1 Å². The van der Waals surface area contributed by atoms with E-state index in [2.05, 4.69) is 64.3 Å². The molecule has 0 bridgehead atoms. The van der Waals surface area contributed by atoms with Gasteiger partial charge in [0, 0.05) is 23.8 Å². The Kier molecular flexibility index (Phi) is 12.9. The number of anilines is 2. The summed E-state index contributed by atoms with van der Waals surface area (Å²) in [5, 5.41) is 5.65. The Labute approximate surface area is 336 Å². The van der Waals surface area contributed by atoms with Crippen LogP contribution in [-0.4, -0.2) is 71.9 Å². The number of methoxy groups -OCH3 is 2. The summed E-state index contributed by atoms with van der Waals surface area (Å²) < 4.78 is 17.5. The minimum atomic E-state index is -1.78. The zero-order chi connectivity index (χ0) is 41.9. The molecule has 57 heavy (non-hydrogen) atoms. The maximum Gasteiger partial charge on any atom is 0.330 e. The van der Waals surface area contributed by atoms with Crippen molar-refractivity contribution in [3.63, 3.8) is 0 Å². The van der Waals surface area contributed by atoms with Crippen LogP contribution in [0.15, 0.2) is 66.7 Å². The molecule has 2 aliphatic rings. The molecule has 12 heteroatoms. The van der Waals surface area contributed by atoms with Crippen LogP contribution in [0.1, 0.15) is 104 Å². The SMILES string of the molecule is CCC(Oc1ccc(C(C)(C)CC)cc1C(C)(C)CC)C(=O)Nc1ccc(OC)c(NC(=O)C(C(=O)C2(C)CC2)N2C(=O)C(OC)N(Cc3ccccc3)C2=O)c1. The molecule has 3 unspecified atom stereocenters. The Hall–Kier alpha value is -5.23. The summed E-state index contributed by atoms with van der Waals surface area (Å²) in [5.41, 5.74) is 2.30. The summed E-state index contributed by atoms with van der Waals surface area (Å²) in [4.78, 5) is 71.8. The summed E-state index contributed by atoms with van der Waals surface area (Å²) in [5.74, 6) is -1.79. The molecule has 306 valence electrons. The van der Waals surface area contributed by atoms with Gasteiger partial charge in [-0.3, -0.25) is 24.1 Å². The van der Waals surface area contributed by atoms with Gasteiger partial charge in [-0.15, -0.1) is 0 Å². The smallest absolute Gasteiger partial charge is 0.330 e. The fourth-order valence-corrected chi connectivity index (χ4v) is 6.86. The van der Waals surface area contributed by atoms with Gasteiger partial charge in [-0.1, -0.05) is 97.9 Å². The third-order valence-corrected chi connectivity index (χ3v) is 11.9. The van der Waals surface area contributed by atoms with E-state index in [0.29, 0.717) is 35.6 Å². The molecule has 0 spiro atoms. The molecule has 1 heterocycles. The van der Waals surface area contributed by atoms with Crippen molar-refractivity contribution in [2.45, 2.75) is 123 Å². The van der Waals surface area contributed by atoms with Gasteiger partial charge >= 0.3 is 6.03 Å². The molecule has 2 N–H and O–H groups in total. The lowest BCUT2D eigenvalue weighted by Crippen LogP contribution is -2.54. The number of ether oxygens (including phenoxy) is 3. The van der Waals surface area contributed by atoms with Crippen molar-refractivity contribution in [1.29, 1.82) is 0 Å². The van der Waals surface area contributed by atoms with Gasteiger partial charge in [-0.25, -0.2) is 9.69 Å². The molecule has 2 fully saturated rings. The van der Waals surface area contributed by atoms with E-state index in [4.69, 9.17) is 14.2 Å². The predicted octanol–water partition coefficient (Wildman–Crippen LogP) is 7.98. The normalized spacial score (nSPS) is 17.5. The van der Waals surface area contributed by atoms with Crippen molar-refractivity contribution in [1.82, 2.24) is 9.80 Å². The first-order valence-corrected chi connectivity index (χ1v) is 19.8. The fourth-order valence-electron chi connectivity index (χ4n) is 6.86. The van der Waals surface area contributed by atoms with Crippen LogP contribution >= 0.6 is 0 Å². The number of urea groups is 1. The highest BCUT2D eigenvalue weighted by Gasteiger charge is 2.58. The molecule has 3 aromatic rings. The number of rotatable bonds is 18. The number of nitrogens with one attached hydrogen (secondary N) is 2. The number of ketones is 1. The van der Waals surface area contributed by atoms with E-state index in [-0.39, 0.29) is 28.8 Å². The molecule has 0 aromatic heterocycles. The molecule has 1 aliphatic heterocycles. The molecule has 5 rings (SSSR count). The van der Waals surface area contributed by atoms with Gasteiger partial charge in [0.1, 0.15) is 11.5 Å². The average Bonchev–Trinajstić information content (AvgIpc) is 3.91. The number of carbonyl (C=O) groups is 5. The van der Waals surface area contributed by atoms with Gasteiger partial charge < -0.3 is 24.8 Å². The van der Waals surface area contributed by atoms with Crippen molar-refractivity contribution in [3.05, 3.63) is 83.4 Å². The largest absolute Gasteiger partial charge is 0.495 e. The molecule has 1 saturated carbocycles. The lowest BCUT2D eigenvalue weighted by molar-refractivity contribution is -0.147. The number of hydrogen-bond donors (Lipinski definition) is 2. The van der Waals surface area contributed by atoms with E-state index in [9.17, 15) is 24.0 Å². The average molecular weight is 783 g/mol. The van der Waals surface area contributed by atoms with Crippen LogP contribution in [0.5, 0.6) is 11.5 Å². The summed E-state index contributed by atoms with van der Waals surface area (Å²) in [7, 11) is 2.71. The molecule has 3 atom stereocenters. The molecule has 3 aromatic carbocycles. The summed E-state index contributed by atoms with van der Waals surface area (Å²) in [6.07, 6.45) is 1.06. The number of benzene rings is 3. The van der Waals surface area contributed by atoms with Gasteiger partial charge in [0.25, 0.3) is 17.7 Å². The van der Waals surface area contributed by atoms with Gasteiger partial charge in [0.15, 0.2) is 17.9 Å². The van der Waals surface area contributed by atoms with Crippen molar-refractivity contribution in [2.75, 3.05) is 24.9 Å². The van der Waals surface area contributed by atoms with Crippen LogP contribution in [0.25, 0.3) is 0 Å². The first-order chi connectivity index (χ1) is 26.9. The van der Waals surface area contributed by atoms with E-state index < -0.39 is 53.3 Å². The lowest BCUT2D eigenvalue weighted by Gasteiger charge is -2.31. The highest BCUT2D eigenvalue weighted by molar-refractivity contribution is 6.20. The van der Waals surface area contributed by atoms with Gasteiger partial charge in [0.05, 0.1) is 19.3 Å². The van der Waals surface area contributed by atoms with Crippen molar-refractivity contribution < 1.29 is 38.2 Å². The van der Waals surface area contributed by atoms with E-state index >= 15 is 0 Å². The molecule has 5 amide bonds. The Morgan fingerprint density at radius 1 is 0.842 bits per heavy atom. The monoisotopic (exact) mass is 782 g/mol. The number of nitrogens with zero attached hydrogens (tertiary/aromatic N) is 2. The molecule has 0 radical (unpaired) electrons. The van der Waals surface area contributed by atoms with Crippen molar-refractivity contribution >= 4 is 40.9 Å². The standard InChI is InChI=1S/C45H58N4O8/c1-11-33(57-34-21-19-29(43(4,5)12-2)25-31(34)44(6,7)13-3)38(51)46-30-20-22-35(55-9)32(26-30)47-39(52)36(37(50)45(8)23-24-45)49-40(53)41(56-10)48(42(49)54)27-28-17-15-14-16-18-28/h14-22,25-26,33,36,41H,11-13,23-24,27H2,1-10H3,(H,46,51)(H,47,52). The van der Waals surface area contributed by atoms with Crippen LogP contribution in [-0.2, 0) is 41.3 Å². The Balaban J connectivity index is 1.40. The lowest BCUT2D eigenvalue weighted by atomic mass is 9.76. The molecule has 12 nitrogen and oxygen atoms in total. The highest BCUT2D eigenvalue weighted by atomic mass is 16.5. The van der Waals surface area contributed by atoms with Crippen molar-refractivity contribution in [3.8, 4) is 11.5 Å². The van der Waals surface area contributed by atoms with E-state index in [1.165, 1.54) is 30.7 Å². The number of hydrogen-bond acceptors (Lipinski definition) is 8. The molecule has 1 saturated heterocycles. The van der Waals surface area contributed by atoms with Crippen molar-refractivity contribution in [2.24, 2.45) is 5.41 Å². The maximum absolute atomic E-state index is 14.3.